The second kappa shape index (κ2) is 5.01. The van der Waals surface area contributed by atoms with Crippen LogP contribution in [-0.4, -0.2) is 16.0 Å². The van der Waals surface area contributed by atoms with E-state index < -0.39 is 11.7 Å². The van der Waals surface area contributed by atoms with Gasteiger partial charge >= 0.3 is 0 Å². The first-order valence-corrected chi connectivity index (χ1v) is 5.34. The molecule has 1 heterocycles. The number of amides is 1. The van der Waals surface area contributed by atoms with Gasteiger partial charge in [-0.2, -0.15) is 0 Å². The molecule has 0 saturated carbocycles. The van der Waals surface area contributed by atoms with Crippen molar-refractivity contribution >= 4 is 23.2 Å². The van der Waals surface area contributed by atoms with E-state index in [0.29, 0.717) is 5.02 Å². The van der Waals surface area contributed by atoms with Crippen molar-refractivity contribution in [1.29, 1.82) is 0 Å². The van der Waals surface area contributed by atoms with Gasteiger partial charge in [0.15, 0.2) is 0 Å². The summed E-state index contributed by atoms with van der Waals surface area (Å²) in [6.07, 6.45) is 2.45. The highest BCUT2D eigenvalue weighted by molar-refractivity contribution is 6.31. The Labute approximate surface area is 107 Å². The molecule has 1 aromatic carbocycles. The highest BCUT2D eigenvalue weighted by Crippen LogP contribution is 2.20. The van der Waals surface area contributed by atoms with Crippen molar-refractivity contribution in [2.24, 2.45) is 0 Å². The monoisotopic (exact) mass is 266 g/mol. The minimum absolute atomic E-state index is 0.0316. The van der Waals surface area contributed by atoms with E-state index in [9.17, 15) is 14.3 Å². The molecule has 0 spiro atoms. The van der Waals surface area contributed by atoms with Crippen LogP contribution in [0, 0.1) is 5.82 Å². The van der Waals surface area contributed by atoms with Crippen LogP contribution in [0.15, 0.2) is 36.7 Å². The molecule has 0 aliphatic carbocycles. The summed E-state index contributed by atoms with van der Waals surface area (Å²) in [6.45, 7) is 0. The number of anilines is 1. The molecule has 0 bridgehead atoms. The molecular weight excluding hydrogens is 259 g/mol. The first kappa shape index (κ1) is 12.3. The SMILES string of the molecule is O=C(Nc1cc(Cl)ccc1F)c1cncc(O)c1. The Balaban J connectivity index is 2.24. The normalized spacial score (nSPS) is 10.1. The van der Waals surface area contributed by atoms with Gasteiger partial charge in [-0.15, -0.1) is 0 Å². The highest BCUT2D eigenvalue weighted by Gasteiger charge is 2.10. The van der Waals surface area contributed by atoms with Gasteiger partial charge in [-0.1, -0.05) is 11.6 Å². The van der Waals surface area contributed by atoms with Crippen molar-refractivity contribution in [3.05, 3.63) is 53.1 Å². The molecule has 2 rings (SSSR count). The summed E-state index contributed by atoms with van der Waals surface area (Å²) in [7, 11) is 0. The molecule has 0 atom stereocenters. The van der Waals surface area contributed by atoms with Crippen molar-refractivity contribution in [3.63, 3.8) is 0 Å². The Morgan fingerprint density at radius 1 is 1.33 bits per heavy atom. The summed E-state index contributed by atoms with van der Waals surface area (Å²) in [5.41, 5.74) is 0.0882. The maximum absolute atomic E-state index is 13.4. The van der Waals surface area contributed by atoms with Crippen LogP contribution in [0.25, 0.3) is 0 Å². The lowest BCUT2D eigenvalue weighted by molar-refractivity contribution is 0.102. The summed E-state index contributed by atoms with van der Waals surface area (Å²) < 4.78 is 13.4. The number of hydrogen-bond acceptors (Lipinski definition) is 3. The van der Waals surface area contributed by atoms with Crippen molar-refractivity contribution in [2.75, 3.05) is 5.32 Å². The van der Waals surface area contributed by atoms with Crippen LogP contribution < -0.4 is 5.32 Å². The number of aromatic nitrogens is 1. The van der Waals surface area contributed by atoms with Gasteiger partial charge in [-0.3, -0.25) is 9.78 Å². The lowest BCUT2D eigenvalue weighted by Gasteiger charge is -2.06. The summed E-state index contributed by atoms with van der Waals surface area (Å²) in [4.78, 5) is 15.4. The highest BCUT2D eigenvalue weighted by atomic mass is 35.5. The molecule has 0 saturated heterocycles. The third-order valence-electron chi connectivity index (χ3n) is 2.16. The average Bonchev–Trinajstić information content (AvgIpc) is 2.34. The molecule has 1 aromatic heterocycles. The van der Waals surface area contributed by atoms with Crippen molar-refractivity contribution in [1.82, 2.24) is 4.98 Å². The summed E-state index contributed by atoms with van der Waals surface area (Å²) >= 11 is 5.70. The van der Waals surface area contributed by atoms with E-state index >= 15 is 0 Å². The molecule has 0 fully saturated rings. The number of rotatable bonds is 2. The molecule has 0 unspecified atom stereocenters. The molecule has 92 valence electrons. The number of halogens is 2. The maximum atomic E-state index is 13.4. The number of carbonyl (C=O) groups is 1. The van der Waals surface area contributed by atoms with E-state index in [-0.39, 0.29) is 17.0 Å². The van der Waals surface area contributed by atoms with Crippen LogP contribution in [0.4, 0.5) is 10.1 Å². The van der Waals surface area contributed by atoms with E-state index in [2.05, 4.69) is 10.3 Å². The molecule has 0 radical (unpaired) electrons. The van der Waals surface area contributed by atoms with Crippen LogP contribution in [-0.2, 0) is 0 Å². The van der Waals surface area contributed by atoms with E-state index in [0.717, 1.165) is 6.07 Å². The molecule has 2 N–H and O–H groups in total. The smallest absolute Gasteiger partial charge is 0.257 e. The Morgan fingerprint density at radius 3 is 2.83 bits per heavy atom. The van der Waals surface area contributed by atoms with Crippen molar-refractivity contribution < 1.29 is 14.3 Å². The fraction of sp³-hybridized carbons (Fsp3) is 0. The fourth-order valence-corrected chi connectivity index (χ4v) is 1.51. The predicted molar refractivity (Wildman–Crippen MR) is 65.3 cm³/mol. The van der Waals surface area contributed by atoms with E-state index in [1.807, 2.05) is 0 Å². The quantitative estimate of drug-likeness (QED) is 0.879. The topological polar surface area (TPSA) is 62.2 Å². The van der Waals surface area contributed by atoms with Crippen LogP contribution in [0.1, 0.15) is 10.4 Å². The summed E-state index contributed by atoms with van der Waals surface area (Å²) in [6, 6.07) is 5.05. The number of benzene rings is 1. The third kappa shape index (κ3) is 2.75. The Bertz CT molecular complexity index is 604. The van der Waals surface area contributed by atoms with Crippen LogP contribution in [0.2, 0.25) is 5.02 Å². The molecule has 1 amide bonds. The first-order valence-electron chi connectivity index (χ1n) is 4.96. The molecular formula is C12H8ClFN2O2. The number of hydrogen-bond donors (Lipinski definition) is 2. The molecule has 0 aliphatic rings. The summed E-state index contributed by atoms with van der Waals surface area (Å²) in [5.74, 6) is -1.32. The average molecular weight is 267 g/mol. The van der Waals surface area contributed by atoms with Gasteiger partial charge < -0.3 is 10.4 Å². The zero-order valence-corrected chi connectivity index (χ0v) is 9.78. The number of nitrogens with zero attached hydrogens (tertiary/aromatic N) is 1. The fourth-order valence-electron chi connectivity index (χ4n) is 1.34. The molecule has 0 aliphatic heterocycles. The molecule has 2 aromatic rings. The predicted octanol–water partition coefficient (Wildman–Crippen LogP) is 2.83. The minimum atomic E-state index is -0.596. The van der Waals surface area contributed by atoms with Crippen molar-refractivity contribution in [2.45, 2.75) is 0 Å². The standard InChI is InChI=1S/C12H8ClFN2O2/c13-8-1-2-10(14)11(4-8)16-12(18)7-3-9(17)6-15-5-7/h1-6,17H,(H,16,18). The number of carbonyl (C=O) groups excluding carboxylic acids is 1. The van der Waals surface area contributed by atoms with Gasteiger partial charge in [-0.25, -0.2) is 4.39 Å². The van der Waals surface area contributed by atoms with Crippen molar-refractivity contribution in [3.8, 4) is 5.75 Å². The third-order valence-corrected chi connectivity index (χ3v) is 2.40. The van der Waals surface area contributed by atoms with Crippen LogP contribution in [0.3, 0.4) is 0 Å². The lowest BCUT2D eigenvalue weighted by Crippen LogP contribution is -2.13. The van der Waals surface area contributed by atoms with Gasteiger partial charge in [0.25, 0.3) is 5.91 Å². The maximum Gasteiger partial charge on any atom is 0.257 e. The second-order valence-electron chi connectivity index (χ2n) is 3.51. The number of nitrogens with one attached hydrogen (secondary N) is 1. The minimum Gasteiger partial charge on any atom is -0.506 e. The lowest BCUT2D eigenvalue weighted by atomic mass is 10.2. The van der Waals surface area contributed by atoms with Gasteiger partial charge in [0.1, 0.15) is 11.6 Å². The zero-order chi connectivity index (χ0) is 13.1. The largest absolute Gasteiger partial charge is 0.506 e. The number of aromatic hydroxyl groups is 1. The van der Waals surface area contributed by atoms with Crippen LogP contribution in [0.5, 0.6) is 5.75 Å². The Hall–Kier alpha value is -2.14. The van der Waals surface area contributed by atoms with Gasteiger partial charge in [0, 0.05) is 11.2 Å². The molecule has 6 heteroatoms. The molecule has 18 heavy (non-hydrogen) atoms. The van der Waals surface area contributed by atoms with Gasteiger partial charge in [0.2, 0.25) is 0 Å². The zero-order valence-electron chi connectivity index (χ0n) is 9.02. The van der Waals surface area contributed by atoms with E-state index in [1.54, 1.807) is 0 Å². The Morgan fingerprint density at radius 2 is 2.11 bits per heavy atom. The van der Waals surface area contributed by atoms with Crippen LogP contribution >= 0.6 is 11.6 Å². The van der Waals surface area contributed by atoms with E-state index in [1.165, 1.54) is 30.6 Å². The Kier molecular flexibility index (Phi) is 3.43. The summed E-state index contributed by atoms with van der Waals surface area (Å²) in [5, 5.41) is 11.8. The first-order chi connectivity index (χ1) is 8.56. The second-order valence-corrected chi connectivity index (χ2v) is 3.95. The number of pyridine rings is 1. The van der Waals surface area contributed by atoms with Gasteiger partial charge in [0.05, 0.1) is 17.4 Å². The van der Waals surface area contributed by atoms with E-state index in [4.69, 9.17) is 11.6 Å². The molecule has 4 nitrogen and oxygen atoms in total. The van der Waals surface area contributed by atoms with Gasteiger partial charge in [-0.05, 0) is 24.3 Å².